The van der Waals surface area contributed by atoms with E-state index < -0.39 is 0 Å². The summed E-state index contributed by atoms with van der Waals surface area (Å²) in [5.74, 6) is 0.840. The number of rotatable bonds is 3. The Morgan fingerprint density at radius 1 is 1.05 bits per heavy atom. The van der Waals surface area contributed by atoms with Crippen LogP contribution in [0.1, 0.15) is 39.4 Å². The third-order valence-corrected chi connectivity index (χ3v) is 3.96. The van der Waals surface area contributed by atoms with Crippen molar-refractivity contribution in [2.45, 2.75) is 39.0 Å². The fraction of sp³-hybridized carbons (Fsp3) is 0.643. The molecule has 0 unspecified atom stereocenters. The van der Waals surface area contributed by atoms with E-state index in [4.69, 9.17) is 0 Å². The number of aryl methyl sites for hydroxylation is 2. The molecule has 20 heavy (non-hydrogen) atoms. The summed E-state index contributed by atoms with van der Waals surface area (Å²) < 4.78 is 4.38. The van der Waals surface area contributed by atoms with Crippen LogP contribution < -0.4 is 11.2 Å². The topological polar surface area (TPSA) is 61.8 Å². The van der Waals surface area contributed by atoms with E-state index in [1.165, 1.54) is 11.6 Å². The predicted octanol–water partition coefficient (Wildman–Crippen LogP) is 1.05. The van der Waals surface area contributed by atoms with Gasteiger partial charge in [0.1, 0.15) is 5.82 Å². The molecule has 6 heteroatoms. The summed E-state index contributed by atoms with van der Waals surface area (Å²) in [5, 5.41) is 0. The third kappa shape index (κ3) is 1.90. The minimum absolute atomic E-state index is 0.135. The van der Waals surface area contributed by atoms with E-state index in [1.54, 1.807) is 7.05 Å². The maximum atomic E-state index is 12.3. The number of nitrogens with zero attached hydrogens (tertiary/aromatic N) is 4. The highest BCUT2D eigenvalue weighted by atomic mass is 16.2. The highest BCUT2D eigenvalue weighted by molar-refractivity contribution is 5.71. The van der Waals surface area contributed by atoms with E-state index in [9.17, 15) is 9.59 Å². The largest absolute Gasteiger partial charge is 0.332 e. The second kappa shape index (κ2) is 4.61. The van der Waals surface area contributed by atoms with Gasteiger partial charge in [0.2, 0.25) is 0 Å². The molecule has 2 heterocycles. The Kier molecular flexibility index (Phi) is 3.36. The predicted molar refractivity (Wildman–Crippen MR) is 79.1 cm³/mol. The zero-order chi connectivity index (χ0) is 15.2. The van der Waals surface area contributed by atoms with Gasteiger partial charge in [-0.15, -0.1) is 0 Å². The minimum atomic E-state index is -0.347. The molecule has 0 amide bonds. The Morgan fingerprint density at radius 3 is 2.20 bits per heavy atom. The third-order valence-electron chi connectivity index (χ3n) is 3.96. The molecule has 2 aromatic rings. The standard InChI is InChI=1S/C14H22N4O2/c1-7-8-14(2,3)12-15-10-9(16(12)4)11(19)18(6)13(20)17(10)5/h7-8H2,1-6H3. The highest BCUT2D eigenvalue weighted by Gasteiger charge is 2.28. The molecule has 0 bridgehead atoms. The second-order valence-corrected chi connectivity index (χ2v) is 6.01. The van der Waals surface area contributed by atoms with E-state index in [0.29, 0.717) is 11.2 Å². The lowest BCUT2D eigenvalue weighted by molar-refractivity contribution is 0.433. The van der Waals surface area contributed by atoms with E-state index in [-0.39, 0.29) is 16.7 Å². The van der Waals surface area contributed by atoms with Crippen LogP contribution in [-0.2, 0) is 26.6 Å². The van der Waals surface area contributed by atoms with Crippen molar-refractivity contribution in [3.63, 3.8) is 0 Å². The van der Waals surface area contributed by atoms with Gasteiger partial charge in [-0.2, -0.15) is 0 Å². The lowest BCUT2D eigenvalue weighted by atomic mass is 9.87. The molecule has 2 aromatic heterocycles. The van der Waals surface area contributed by atoms with Gasteiger partial charge in [0, 0.05) is 26.6 Å². The molecule has 0 aliphatic rings. The van der Waals surface area contributed by atoms with Gasteiger partial charge in [-0.1, -0.05) is 27.2 Å². The zero-order valence-electron chi connectivity index (χ0n) is 13.0. The molecular formula is C14H22N4O2. The molecule has 0 N–H and O–H groups in total. The van der Waals surface area contributed by atoms with Crippen molar-refractivity contribution in [3.05, 3.63) is 26.7 Å². The molecule has 0 aliphatic heterocycles. The molecule has 0 aliphatic carbocycles. The molecule has 0 atom stereocenters. The van der Waals surface area contributed by atoms with E-state index in [0.717, 1.165) is 23.2 Å². The number of fused-ring (bicyclic) bond motifs is 1. The summed E-state index contributed by atoms with van der Waals surface area (Å²) in [6.45, 7) is 6.35. The first-order valence-corrected chi connectivity index (χ1v) is 6.85. The van der Waals surface area contributed by atoms with E-state index >= 15 is 0 Å². The van der Waals surface area contributed by atoms with Crippen molar-refractivity contribution in [1.82, 2.24) is 18.7 Å². The maximum Gasteiger partial charge on any atom is 0.332 e. The second-order valence-electron chi connectivity index (χ2n) is 6.01. The van der Waals surface area contributed by atoms with Gasteiger partial charge >= 0.3 is 5.69 Å². The summed E-state index contributed by atoms with van der Waals surface area (Å²) in [5.41, 5.74) is 0.162. The minimum Gasteiger partial charge on any atom is -0.325 e. The van der Waals surface area contributed by atoms with Crippen molar-refractivity contribution in [1.29, 1.82) is 0 Å². The monoisotopic (exact) mass is 278 g/mol. The Hall–Kier alpha value is -1.85. The van der Waals surface area contributed by atoms with Crippen LogP contribution in [0.25, 0.3) is 11.2 Å². The first kappa shape index (κ1) is 14.6. The van der Waals surface area contributed by atoms with Crippen LogP contribution in [0, 0.1) is 0 Å². The molecule has 110 valence electrons. The Labute approximate surface area is 117 Å². The van der Waals surface area contributed by atoms with E-state index in [2.05, 4.69) is 25.8 Å². The van der Waals surface area contributed by atoms with Gasteiger partial charge in [0.05, 0.1) is 0 Å². The summed E-state index contributed by atoms with van der Waals surface area (Å²) in [6.07, 6.45) is 2.01. The van der Waals surface area contributed by atoms with Gasteiger partial charge in [-0.05, 0) is 6.42 Å². The zero-order valence-corrected chi connectivity index (χ0v) is 13.0. The average molecular weight is 278 g/mol. The fourth-order valence-electron chi connectivity index (χ4n) is 2.86. The first-order chi connectivity index (χ1) is 9.22. The molecule has 0 fully saturated rings. The molecule has 0 radical (unpaired) electrons. The van der Waals surface area contributed by atoms with Gasteiger partial charge in [-0.3, -0.25) is 13.9 Å². The molecule has 0 aromatic carbocycles. The van der Waals surface area contributed by atoms with Crippen molar-refractivity contribution >= 4 is 11.2 Å². The molecule has 0 spiro atoms. The summed E-state index contributed by atoms with van der Waals surface area (Å²) >= 11 is 0. The normalized spacial score (nSPS) is 12.3. The van der Waals surface area contributed by atoms with Crippen molar-refractivity contribution in [2.75, 3.05) is 0 Å². The Morgan fingerprint density at radius 2 is 1.65 bits per heavy atom. The smallest absolute Gasteiger partial charge is 0.325 e. The number of imidazole rings is 1. The van der Waals surface area contributed by atoms with Crippen LogP contribution >= 0.6 is 0 Å². The van der Waals surface area contributed by atoms with Crippen LogP contribution in [0.2, 0.25) is 0 Å². The summed E-state index contributed by atoms with van der Waals surface area (Å²) in [6, 6.07) is 0. The molecule has 6 nitrogen and oxygen atoms in total. The number of hydrogen-bond donors (Lipinski definition) is 0. The van der Waals surface area contributed by atoms with Crippen LogP contribution in [-0.4, -0.2) is 18.7 Å². The van der Waals surface area contributed by atoms with Crippen LogP contribution in [0.3, 0.4) is 0 Å². The quantitative estimate of drug-likeness (QED) is 0.843. The van der Waals surface area contributed by atoms with Crippen LogP contribution in [0.5, 0.6) is 0 Å². The maximum absolute atomic E-state index is 12.3. The van der Waals surface area contributed by atoms with Crippen LogP contribution in [0.15, 0.2) is 9.59 Å². The van der Waals surface area contributed by atoms with Gasteiger partial charge < -0.3 is 4.57 Å². The molecule has 2 rings (SSSR count). The van der Waals surface area contributed by atoms with Crippen molar-refractivity contribution < 1.29 is 0 Å². The Balaban J connectivity index is 2.91. The molecule has 0 saturated heterocycles. The SMILES string of the molecule is CCCC(C)(C)c1nc2c(c(=O)n(C)c(=O)n2C)n1C. The first-order valence-electron chi connectivity index (χ1n) is 6.85. The summed E-state index contributed by atoms with van der Waals surface area (Å²) in [7, 11) is 4.98. The number of hydrogen-bond acceptors (Lipinski definition) is 3. The molecular weight excluding hydrogens is 256 g/mol. The highest BCUT2D eigenvalue weighted by Crippen LogP contribution is 2.28. The van der Waals surface area contributed by atoms with Crippen molar-refractivity contribution in [3.8, 4) is 0 Å². The van der Waals surface area contributed by atoms with Crippen LogP contribution in [0.4, 0.5) is 0 Å². The lowest BCUT2D eigenvalue weighted by Gasteiger charge is -2.23. The fourth-order valence-corrected chi connectivity index (χ4v) is 2.86. The average Bonchev–Trinajstić information content (AvgIpc) is 2.72. The van der Waals surface area contributed by atoms with Crippen molar-refractivity contribution in [2.24, 2.45) is 21.1 Å². The van der Waals surface area contributed by atoms with E-state index in [1.807, 2.05) is 11.6 Å². The van der Waals surface area contributed by atoms with Gasteiger partial charge in [-0.25, -0.2) is 9.78 Å². The van der Waals surface area contributed by atoms with Gasteiger partial charge in [0.25, 0.3) is 5.56 Å². The van der Waals surface area contributed by atoms with Gasteiger partial charge in [0.15, 0.2) is 11.2 Å². The summed E-state index contributed by atoms with van der Waals surface area (Å²) in [4.78, 5) is 28.9. The molecule has 0 saturated carbocycles. The number of aromatic nitrogens is 4. The Bertz CT molecular complexity index is 777. The lowest BCUT2D eigenvalue weighted by Crippen LogP contribution is -2.37.